The van der Waals surface area contributed by atoms with E-state index in [1.165, 1.54) is 18.4 Å². The molecule has 0 saturated carbocycles. The monoisotopic (exact) mass is 348 g/mol. The van der Waals surface area contributed by atoms with E-state index >= 15 is 0 Å². The third-order valence-corrected chi connectivity index (χ3v) is 3.45. The van der Waals surface area contributed by atoms with Crippen LogP contribution in [0.3, 0.4) is 0 Å². The fraction of sp³-hybridized carbons (Fsp3) is 0. The second-order valence-electron chi connectivity index (χ2n) is 4.58. The predicted octanol–water partition coefficient (Wildman–Crippen LogP) is 5.50. The minimum absolute atomic E-state index is 0.0367. The second kappa shape index (κ2) is 6.77. The van der Waals surface area contributed by atoms with Crippen molar-refractivity contribution in [3.05, 3.63) is 80.7 Å². The molecule has 0 N–H and O–H groups in total. The molecule has 3 rings (SSSR count). The van der Waals surface area contributed by atoms with Gasteiger partial charge in [0.25, 0.3) is 0 Å². The van der Waals surface area contributed by atoms with Crippen molar-refractivity contribution >= 4 is 35.4 Å². The van der Waals surface area contributed by atoms with Gasteiger partial charge in [0.1, 0.15) is 17.8 Å². The molecule has 6 heteroatoms. The summed E-state index contributed by atoms with van der Waals surface area (Å²) in [7, 11) is 0. The fourth-order valence-corrected chi connectivity index (χ4v) is 2.25. The summed E-state index contributed by atoms with van der Waals surface area (Å²) in [4.78, 5) is 12.1. The number of benzene rings is 1. The molecule has 0 atom stereocenters. The molecule has 23 heavy (non-hydrogen) atoms. The summed E-state index contributed by atoms with van der Waals surface area (Å²) in [6.45, 7) is 0. The molecule has 0 saturated heterocycles. The lowest BCUT2D eigenvalue weighted by Crippen LogP contribution is -2.03. The van der Waals surface area contributed by atoms with E-state index in [2.05, 4.69) is 0 Å². The molecule has 0 spiro atoms. The van der Waals surface area contributed by atoms with E-state index in [1.807, 2.05) is 0 Å². The van der Waals surface area contributed by atoms with Crippen LogP contribution in [-0.4, -0.2) is 0 Å². The molecule has 0 fully saturated rings. The van der Waals surface area contributed by atoms with Crippen molar-refractivity contribution in [1.82, 2.24) is 0 Å². The molecule has 4 nitrogen and oxygen atoms in total. The second-order valence-corrected chi connectivity index (χ2v) is 5.42. The van der Waals surface area contributed by atoms with E-state index in [0.29, 0.717) is 21.6 Å². The lowest BCUT2D eigenvalue weighted by atomic mass is 10.2. The Morgan fingerprint density at radius 1 is 1.00 bits per heavy atom. The van der Waals surface area contributed by atoms with Gasteiger partial charge in [-0.25, -0.2) is 0 Å². The largest absolute Gasteiger partial charge is 0.472 e. The van der Waals surface area contributed by atoms with Gasteiger partial charge in [0.05, 0.1) is 17.5 Å². The highest BCUT2D eigenvalue weighted by Crippen LogP contribution is 2.30. The molecule has 0 radical (unpaired) electrons. The van der Waals surface area contributed by atoms with Crippen LogP contribution < -0.4 is 10.2 Å². The van der Waals surface area contributed by atoms with Crippen molar-refractivity contribution in [2.24, 2.45) is 0 Å². The summed E-state index contributed by atoms with van der Waals surface area (Å²) in [6, 6.07) is 7.84. The van der Waals surface area contributed by atoms with Crippen molar-refractivity contribution in [2.75, 3.05) is 0 Å². The Balaban J connectivity index is 1.81. The van der Waals surface area contributed by atoms with Gasteiger partial charge in [-0.1, -0.05) is 23.2 Å². The third-order valence-electron chi connectivity index (χ3n) is 2.92. The Kier molecular flexibility index (Phi) is 4.55. The van der Waals surface area contributed by atoms with E-state index in [4.69, 9.17) is 36.8 Å². The summed E-state index contributed by atoms with van der Waals surface area (Å²) in [5.74, 6) is 0.755. The molecule has 0 amide bonds. The first-order valence-electron chi connectivity index (χ1n) is 6.58. The maximum absolute atomic E-state index is 12.1. The zero-order valence-electron chi connectivity index (χ0n) is 11.7. The molecule has 0 aliphatic carbocycles. The van der Waals surface area contributed by atoms with E-state index in [9.17, 15) is 4.79 Å². The normalized spacial score (nSPS) is 11.0. The SMILES string of the molecule is O=c1cc(/C=C/c2ccoc2)occ1Oc1ccc(Cl)cc1Cl. The van der Waals surface area contributed by atoms with Crippen LogP contribution >= 0.6 is 23.2 Å². The van der Waals surface area contributed by atoms with Crippen LogP contribution in [-0.2, 0) is 0 Å². The van der Waals surface area contributed by atoms with Gasteiger partial charge in [-0.3, -0.25) is 4.79 Å². The van der Waals surface area contributed by atoms with Crippen LogP contribution in [0.15, 0.2) is 62.8 Å². The van der Waals surface area contributed by atoms with Gasteiger partial charge in [-0.15, -0.1) is 0 Å². The van der Waals surface area contributed by atoms with Crippen LogP contribution in [0, 0.1) is 0 Å². The van der Waals surface area contributed by atoms with Crippen LogP contribution in [0.5, 0.6) is 11.5 Å². The van der Waals surface area contributed by atoms with E-state index in [0.717, 1.165) is 5.56 Å². The predicted molar refractivity (Wildman–Crippen MR) is 89.2 cm³/mol. The smallest absolute Gasteiger partial charge is 0.227 e. The lowest BCUT2D eigenvalue weighted by molar-refractivity contribution is 0.436. The van der Waals surface area contributed by atoms with Gasteiger partial charge < -0.3 is 13.6 Å². The molecule has 0 unspecified atom stereocenters. The van der Waals surface area contributed by atoms with Gasteiger partial charge in [-0.2, -0.15) is 0 Å². The Hall–Kier alpha value is -2.43. The minimum atomic E-state index is -0.325. The lowest BCUT2D eigenvalue weighted by Gasteiger charge is -2.06. The van der Waals surface area contributed by atoms with Crippen molar-refractivity contribution in [3.63, 3.8) is 0 Å². The zero-order chi connectivity index (χ0) is 16.2. The zero-order valence-corrected chi connectivity index (χ0v) is 13.2. The first-order chi connectivity index (χ1) is 11.1. The van der Waals surface area contributed by atoms with Gasteiger partial charge >= 0.3 is 0 Å². The third kappa shape index (κ3) is 3.86. The molecule has 116 valence electrons. The molecular weight excluding hydrogens is 339 g/mol. The average molecular weight is 349 g/mol. The Morgan fingerprint density at radius 2 is 1.87 bits per heavy atom. The fourth-order valence-electron chi connectivity index (χ4n) is 1.80. The average Bonchev–Trinajstić information content (AvgIpc) is 3.03. The Morgan fingerprint density at radius 3 is 2.57 bits per heavy atom. The van der Waals surface area contributed by atoms with Crippen LogP contribution in [0.1, 0.15) is 11.3 Å². The molecule has 1 aromatic carbocycles. The summed E-state index contributed by atoms with van der Waals surface area (Å²) in [6.07, 6.45) is 7.79. The summed E-state index contributed by atoms with van der Waals surface area (Å²) < 4.78 is 15.8. The van der Waals surface area contributed by atoms with Crippen molar-refractivity contribution in [3.8, 4) is 11.5 Å². The first kappa shape index (κ1) is 15.5. The molecule has 0 aliphatic rings. The van der Waals surface area contributed by atoms with Crippen LogP contribution in [0.4, 0.5) is 0 Å². The van der Waals surface area contributed by atoms with E-state index in [1.54, 1.807) is 42.9 Å². The van der Waals surface area contributed by atoms with Crippen molar-refractivity contribution < 1.29 is 13.6 Å². The number of halogens is 2. The Labute approximate surface area is 141 Å². The molecule has 2 aromatic heterocycles. The van der Waals surface area contributed by atoms with Gasteiger partial charge in [0, 0.05) is 16.7 Å². The molecule has 0 aliphatic heterocycles. The number of hydrogen-bond acceptors (Lipinski definition) is 4. The molecule has 3 aromatic rings. The molecular formula is C17H10Cl2O4. The van der Waals surface area contributed by atoms with Crippen molar-refractivity contribution in [1.29, 1.82) is 0 Å². The number of rotatable bonds is 4. The maximum atomic E-state index is 12.1. The quantitative estimate of drug-likeness (QED) is 0.624. The summed E-state index contributed by atoms with van der Waals surface area (Å²) in [5.41, 5.74) is 0.537. The van der Waals surface area contributed by atoms with E-state index in [-0.39, 0.29) is 11.2 Å². The van der Waals surface area contributed by atoms with Gasteiger partial charge in [0.15, 0.2) is 0 Å². The minimum Gasteiger partial charge on any atom is -0.472 e. The van der Waals surface area contributed by atoms with Gasteiger partial charge in [0.2, 0.25) is 11.2 Å². The highest BCUT2D eigenvalue weighted by atomic mass is 35.5. The first-order valence-corrected chi connectivity index (χ1v) is 7.33. The standard InChI is InChI=1S/C17H10Cl2O4/c18-12-2-4-16(14(19)7-12)23-17-10-22-13(8-15(17)20)3-1-11-5-6-21-9-11/h1-10H/b3-1+. The van der Waals surface area contributed by atoms with Crippen LogP contribution in [0.25, 0.3) is 12.2 Å². The number of ether oxygens (including phenoxy) is 1. The van der Waals surface area contributed by atoms with Crippen molar-refractivity contribution in [2.45, 2.75) is 0 Å². The molecule has 2 heterocycles. The summed E-state index contributed by atoms with van der Waals surface area (Å²) >= 11 is 11.8. The Bertz CT molecular complexity index is 895. The molecule has 0 bridgehead atoms. The van der Waals surface area contributed by atoms with E-state index < -0.39 is 0 Å². The van der Waals surface area contributed by atoms with Gasteiger partial charge in [-0.05, 0) is 36.4 Å². The highest BCUT2D eigenvalue weighted by molar-refractivity contribution is 6.35. The number of furan rings is 1. The van der Waals surface area contributed by atoms with Crippen LogP contribution in [0.2, 0.25) is 10.0 Å². The maximum Gasteiger partial charge on any atom is 0.227 e. The summed E-state index contributed by atoms with van der Waals surface area (Å²) in [5, 5.41) is 0.787. The number of hydrogen-bond donors (Lipinski definition) is 0. The highest BCUT2D eigenvalue weighted by Gasteiger charge is 2.08. The topological polar surface area (TPSA) is 52.6 Å².